The molecule has 0 radical (unpaired) electrons. The number of para-hydroxylation sites is 3. The van der Waals surface area contributed by atoms with Gasteiger partial charge in [-0.3, -0.25) is 0 Å². The van der Waals surface area contributed by atoms with Crippen LogP contribution in [0.2, 0.25) is 0 Å². The second-order valence-electron chi connectivity index (χ2n) is 19.6. The Morgan fingerprint density at radius 1 is 0.459 bits per heavy atom. The van der Waals surface area contributed by atoms with E-state index in [1.54, 1.807) is 0 Å². The summed E-state index contributed by atoms with van der Waals surface area (Å²) in [6, 6.07) is 55.8. The van der Waals surface area contributed by atoms with Gasteiger partial charge >= 0.3 is 0 Å². The third-order valence-electron chi connectivity index (χ3n) is 12.5. The zero-order valence-corrected chi connectivity index (χ0v) is 37.5. The summed E-state index contributed by atoms with van der Waals surface area (Å²) in [4.78, 5) is 4.90. The first-order chi connectivity index (χ1) is 29.2. The lowest BCUT2D eigenvalue weighted by Crippen LogP contribution is -2.24. The van der Waals surface area contributed by atoms with Crippen molar-refractivity contribution in [1.82, 2.24) is 4.57 Å². The van der Waals surface area contributed by atoms with Crippen molar-refractivity contribution in [2.45, 2.75) is 91.9 Å². The lowest BCUT2D eigenvalue weighted by molar-refractivity contribution is 0.479. The summed E-state index contributed by atoms with van der Waals surface area (Å²) in [6.07, 6.45) is 0. The zero-order chi connectivity index (χ0) is 42.8. The number of rotatable bonds is 8. The number of ether oxygens (including phenoxy) is 1. The molecule has 1 aliphatic rings. The van der Waals surface area contributed by atoms with Crippen LogP contribution in [0.1, 0.15) is 103 Å². The van der Waals surface area contributed by atoms with E-state index in [1.807, 2.05) is 0 Å². The molecule has 1 aromatic heterocycles. The summed E-state index contributed by atoms with van der Waals surface area (Å²) in [5.74, 6) is 2.47. The summed E-state index contributed by atoms with van der Waals surface area (Å²) in [6.45, 7) is 23.5. The number of hydrogen-bond acceptors (Lipinski definition) is 3. The third kappa shape index (κ3) is 7.47. The molecule has 0 spiro atoms. The monoisotopic (exact) mass is 801 g/mol. The first kappa shape index (κ1) is 40.2. The van der Waals surface area contributed by atoms with Crippen molar-refractivity contribution in [3.8, 4) is 28.3 Å². The molecule has 9 rings (SSSR count). The van der Waals surface area contributed by atoms with Crippen LogP contribution in [0.3, 0.4) is 0 Å². The SMILES string of the molecule is CC(C)c1cccc(C(C)C)c1-c1cccc(N2CN(c3cc(Oc4ccc5c6ccccc6n(-c6cccc(C(C)(C)C)c6)c5c4)cc(C(C)(C)C)c3)c3ccccc32)c1. The fourth-order valence-electron chi connectivity index (χ4n) is 9.14. The van der Waals surface area contributed by atoms with Gasteiger partial charge in [0.1, 0.15) is 18.2 Å². The number of benzene rings is 7. The van der Waals surface area contributed by atoms with Crippen molar-refractivity contribution in [3.63, 3.8) is 0 Å². The summed E-state index contributed by atoms with van der Waals surface area (Å²) in [5, 5.41) is 2.44. The number of anilines is 4. The van der Waals surface area contributed by atoms with E-state index in [-0.39, 0.29) is 10.8 Å². The Balaban J connectivity index is 1.11. The van der Waals surface area contributed by atoms with E-state index in [0.717, 1.165) is 28.4 Å². The molecule has 2 heterocycles. The maximum Gasteiger partial charge on any atom is 0.129 e. The predicted molar refractivity (Wildman–Crippen MR) is 260 cm³/mol. The minimum atomic E-state index is -0.103. The van der Waals surface area contributed by atoms with Gasteiger partial charge in [0.25, 0.3) is 0 Å². The first-order valence-electron chi connectivity index (χ1n) is 22.0. The Morgan fingerprint density at radius 3 is 1.74 bits per heavy atom. The molecule has 61 heavy (non-hydrogen) atoms. The number of hydrogen-bond donors (Lipinski definition) is 0. The molecule has 0 aliphatic carbocycles. The molecule has 0 unspecified atom stereocenters. The first-order valence-corrected chi connectivity index (χ1v) is 22.0. The summed E-state index contributed by atoms with van der Waals surface area (Å²) in [7, 11) is 0. The molecule has 0 N–H and O–H groups in total. The fourth-order valence-corrected chi connectivity index (χ4v) is 9.14. The molecule has 1 aliphatic heterocycles. The minimum Gasteiger partial charge on any atom is -0.457 e. The summed E-state index contributed by atoms with van der Waals surface area (Å²) in [5.41, 5.74) is 16.0. The molecule has 0 atom stereocenters. The maximum atomic E-state index is 6.96. The van der Waals surface area contributed by atoms with Crippen LogP contribution in [0.5, 0.6) is 11.5 Å². The average Bonchev–Trinajstić information content (AvgIpc) is 3.79. The van der Waals surface area contributed by atoms with Crippen LogP contribution < -0.4 is 14.5 Å². The highest BCUT2D eigenvalue weighted by atomic mass is 16.5. The molecular weight excluding hydrogens is 743 g/mol. The largest absolute Gasteiger partial charge is 0.457 e. The second kappa shape index (κ2) is 15.3. The van der Waals surface area contributed by atoms with Crippen molar-refractivity contribution in [2.75, 3.05) is 16.5 Å². The Kier molecular flexibility index (Phi) is 10.1. The minimum absolute atomic E-state index is 0.0347. The van der Waals surface area contributed by atoms with Gasteiger partial charge < -0.3 is 19.1 Å². The lowest BCUT2D eigenvalue weighted by atomic mass is 9.85. The lowest BCUT2D eigenvalue weighted by Gasteiger charge is -2.26. The molecular formula is C57H59N3O. The molecule has 0 saturated carbocycles. The van der Waals surface area contributed by atoms with Crippen LogP contribution in [0, 0.1) is 0 Å². The second-order valence-corrected chi connectivity index (χ2v) is 19.6. The van der Waals surface area contributed by atoms with Crippen LogP contribution in [-0.2, 0) is 10.8 Å². The van der Waals surface area contributed by atoms with Gasteiger partial charge in [-0.15, -0.1) is 0 Å². The third-order valence-corrected chi connectivity index (χ3v) is 12.5. The van der Waals surface area contributed by atoms with Crippen molar-refractivity contribution >= 4 is 44.6 Å². The van der Waals surface area contributed by atoms with E-state index in [0.29, 0.717) is 18.5 Å². The van der Waals surface area contributed by atoms with Crippen molar-refractivity contribution in [2.24, 2.45) is 0 Å². The predicted octanol–water partition coefficient (Wildman–Crippen LogP) is 16.3. The van der Waals surface area contributed by atoms with Gasteiger partial charge in [-0.25, -0.2) is 0 Å². The zero-order valence-electron chi connectivity index (χ0n) is 37.5. The van der Waals surface area contributed by atoms with Gasteiger partial charge in [-0.05, 0) is 123 Å². The Hall–Kier alpha value is -6.26. The van der Waals surface area contributed by atoms with Crippen molar-refractivity contribution in [3.05, 3.63) is 174 Å². The molecule has 8 aromatic rings. The van der Waals surface area contributed by atoms with Gasteiger partial charge in [0.05, 0.1) is 22.4 Å². The normalized spacial score (nSPS) is 13.2. The van der Waals surface area contributed by atoms with Crippen LogP contribution in [-0.4, -0.2) is 11.2 Å². The summed E-state index contributed by atoms with van der Waals surface area (Å²) < 4.78 is 9.35. The van der Waals surface area contributed by atoms with Gasteiger partial charge in [0.15, 0.2) is 0 Å². The quantitative estimate of drug-likeness (QED) is 0.153. The average molecular weight is 802 g/mol. The highest BCUT2D eigenvalue weighted by molar-refractivity contribution is 6.09. The molecule has 0 fully saturated rings. The molecule has 0 amide bonds. The molecule has 4 heteroatoms. The summed E-state index contributed by atoms with van der Waals surface area (Å²) >= 11 is 0. The van der Waals surface area contributed by atoms with E-state index in [9.17, 15) is 0 Å². The van der Waals surface area contributed by atoms with Crippen LogP contribution in [0.4, 0.5) is 22.7 Å². The van der Waals surface area contributed by atoms with E-state index >= 15 is 0 Å². The van der Waals surface area contributed by atoms with Gasteiger partial charge in [0, 0.05) is 40.0 Å². The van der Waals surface area contributed by atoms with E-state index in [1.165, 1.54) is 66.7 Å². The molecule has 0 saturated heterocycles. The highest BCUT2D eigenvalue weighted by Crippen LogP contribution is 2.47. The van der Waals surface area contributed by atoms with Gasteiger partial charge in [-0.2, -0.15) is 0 Å². The van der Waals surface area contributed by atoms with Crippen LogP contribution >= 0.6 is 0 Å². The molecule has 0 bridgehead atoms. The Labute approximate surface area is 363 Å². The Morgan fingerprint density at radius 2 is 1.05 bits per heavy atom. The van der Waals surface area contributed by atoms with Crippen LogP contribution in [0.15, 0.2) is 152 Å². The van der Waals surface area contributed by atoms with Gasteiger partial charge in [-0.1, -0.05) is 142 Å². The van der Waals surface area contributed by atoms with Crippen LogP contribution in [0.25, 0.3) is 38.6 Å². The Bertz CT molecular complexity index is 2890. The maximum absolute atomic E-state index is 6.96. The standard InChI is InChI=1S/C57H59N3O/c1-37(2)47-23-17-24-48(38(3)4)55(47)39-18-15-20-42(30-39)58-36-59(53-27-14-13-26-52(53)58)44-32-41(57(8,9)10)33-46(34-44)61-45-28-29-50-49-22-11-12-25-51(49)60(54(50)35-45)43-21-16-19-40(31-43)56(5,6)7/h11-35,37-38H,36H2,1-10H3. The topological polar surface area (TPSA) is 20.6 Å². The molecule has 4 nitrogen and oxygen atoms in total. The van der Waals surface area contributed by atoms with Crippen molar-refractivity contribution < 1.29 is 4.74 Å². The van der Waals surface area contributed by atoms with E-state index in [4.69, 9.17) is 4.74 Å². The van der Waals surface area contributed by atoms with E-state index in [2.05, 4.69) is 235 Å². The smallest absolute Gasteiger partial charge is 0.129 e. The highest BCUT2D eigenvalue weighted by Gasteiger charge is 2.30. The molecule has 308 valence electrons. The fraction of sp³-hybridized carbons (Fsp3) is 0.263. The molecule has 7 aromatic carbocycles. The number of nitrogens with zero attached hydrogens (tertiary/aromatic N) is 3. The number of fused-ring (bicyclic) bond motifs is 4. The van der Waals surface area contributed by atoms with E-state index < -0.39 is 0 Å². The van der Waals surface area contributed by atoms with Crippen molar-refractivity contribution in [1.29, 1.82) is 0 Å². The number of aromatic nitrogens is 1. The van der Waals surface area contributed by atoms with Gasteiger partial charge in [0.2, 0.25) is 0 Å².